The highest BCUT2D eigenvalue weighted by Gasteiger charge is 2.07. The van der Waals surface area contributed by atoms with Crippen LogP contribution in [-0.4, -0.2) is 23.1 Å². The zero-order valence-corrected chi connectivity index (χ0v) is 11.4. The van der Waals surface area contributed by atoms with Crippen LogP contribution < -0.4 is 9.47 Å². The van der Waals surface area contributed by atoms with Crippen molar-refractivity contribution in [2.75, 3.05) is 13.2 Å². The molecule has 0 saturated carbocycles. The Morgan fingerprint density at radius 2 is 1.36 bits per heavy atom. The molecule has 114 valence electrons. The Kier molecular flexibility index (Phi) is 4.86. The fourth-order valence-corrected chi connectivity index (χ4v) is 1.67. The molecule has 0 atom stereocenters. The highest BCUT2D eigenvalue weighted by Crippen LogP contribution is 2.19. The maximum Gasteiger partial charge on any atom is 0.273 e. The van der Waals surface area contributed by atoms with Gasteiger partial charge in [-0.15, -0.1) is 0 Å². The van der Waals surface area contributed by atoms with Crippen molar-refractivity contribution in [1.82, 2.24) is 0 Å². The van der Waals surface area contributed by atoms with E-state index in [1.165, 1.54) is 42.5 Å². The molecule has 0 N–H and O–H groups in total. The van der Waals surface area contributed by atoms with E-state index in [-0.39, 0.29) is 24.6 Å². The van der Waals surface area contributed by atoms with Gasteiger partial charge in [-0.2, -0.15) is 0 Å². The molecule has 2 rings (SSSR count). The summed E-state index contributed by atoms with van der Waals surface area (Å²) in [5, 5.41) is 21.1. The molecule has 0 bridgehead atoms. The van der Waals surface area contributed by atoms with Crippen LogP contribution >= 0.6 is 0 Å². The van der Waals surface area contributed by atoms with E-state index in [2.05, 4.69) is 0 Å². The zero-order valence-electron chi connectivity index (χ0n) is 11.4. The van der Waals surface area contributed by atoms with Gasteiger partial charge in [0.05, 0.1) is 15.9 Å². The molecular formula is C14H12N2O6. The molecule has 0 aliphatic rings. The molecule has 8 heteroatoms. The second kappa shape index (κ2) is 7.02. The lowest BCUT2D eigenvalue weighted by atomic mass is 10.3. The Hall–Kier alpha value is -3.16. The summed E-state index contributed by atoms with van der Waals surface area (Å²) in [5.74, 6) is 0.856. The molecular weight excluding hydrogens is 292 g/mol. The van der Waals surface area contributed by atoms with Gasteiger partial charge in [0, 0.05) is 18.2 Å². The van der Waals surface area contributed by atoms with E-state index >= 15 is 0 Å². The summed E-state index contributed by atoms with van der Waals surface area (Å²) in [6.45, 7) is 0.401. The summed E-state index contributed by atoms with van der Waals surface area (Å²) >= 11 is 0. The van der Waals surface area contributed by atoms with Crippen LogP contribution in [0.25, 0.3) is 0 Å². The Balaban J connectivity index is 1.80. The lowest BCUT2D eigenvalue weighted by Crippen LogP contribution is -2.09. The van der Waals surface area contributed by atoms with Gasteiger partial charge < -0.3 is 9.47 Å². The average Bonchev–Trinajstić information content (AvgIpc) is 2.52. The topological polar surface area (TPSA) is 105 Å². The predicted molar refractivity (Wildman–Crippen MR) is 77.2 cm³/mol. The summed E-state index contributed by atoms with van der Waals surface area (Å²) in [6, 6.07) is 11.5. The van der Waals surface area contributed by atoms with Gasteiger partial charge in [0.2, 0.25) is 0 Å². The molecule has 0 radical (unpaired) electrons. The Morgan fingerprint density at radius 3 is 1.95 bits per heavy atom. The lowest BCUT2D eigenvalue weighted by molar-refractivity contribution is -0.385. The largest absolute Gasteiger partial charge is 0.490 e. The quantitative estimate of drug-likeness (QED) is 0.442. The standard InChI is InChI=1S/C14H12N2O6/c17-15(18)11-4-6-13(7-5-11)21-8-9-22-14-3-1-2-12(10-14)16(19)20/h1-7,10H,8-9H2. The van der Waals surface area contributed by atoms with Gasteiger partial charge in [-0.05, 0) is 18.2 Å². The predicted octanol–water partition coefficient (Wildman–Crippen LogP) is 2.96. The Morgan fingerprint density at radius 1 is 0.773 bits per heavy atom. The SMILES string of the molecule is O=[N+]([O-])c1ccc(OCCOc2cccc([N+](=O)[O-])c2)cc1. The summed E-state index contributed by atoms with van der Waals surface area (Å²) in [4.78, 5) is 20.1. The van der Waals surface area contributed by atoms with Gasteiger partial charge in [0.25, 0.3) is 11.4 Å². The fourth-order valence-electron chi connectivity index (χ4n) is 1.67. The van der Waals surface area contributed by atoms with Gasteiger partial charge in [-0.25, -0.2) is 0 Å². The first-order valence-corrected chi connectivity index (χ1v) is 6.31. The van der Waals surface area contributed by atoms with E-state index in [0.717, 1.165) is 0 Å². The lowest BCUT2D eigenvalue weighted by Gasteiger charge is -2.08. The van der Waals surface area contributed by atoms with Crippen LogP contribution in [0.4, 0.5) is 11.4 Å². The number of nitrogens with zero attached hydrogens (tertiary/aromatic N) is 2. The van der Waals surface area contributed by atoms with Crippen molar-refractivity contribution in [2.24, 2.45) is 0 Å². The number of rotatable bonds is 7. The summed E-state index contributed by atoms with van der Waals surface area (Å²) in [6.07, 6.45) is 0. The Bertz CT molecular complexity index is 671. The molecule has 22 heavy (non-hydrogen) atoms. The van der Waals surface area contributed by atoms with Crippen molar-refractivity contribution in [3.63, 3.8) is 0 Å². The minimum absolute atomic E-state index is 0.0137. The third kappa shape index (κ3) is 4.17. The Labute approximate surface area is 125 Å². The minimum Gasteiger partial charge on any atom is -0.490 e. The summed E-state index contributed by atoms with van der Waals surface area (Å²) in [5.41, 5.74) is -0.0611. The molecule has 0 saturated heterocycles. The minimum atomic E-state index is -0.500. The van der Waals surface area contributed by atoms with Gasteiger partial charge in [-0.3, -0.25) is 20.2 Å². The molecule has 0 aliphatic heterocycles. The average molecular weight is 304 g/mol. The van der Waals surface area contributed by atoms with Crippen LogP contribution in [0.5, 0.6) is 11.5 Å². The smallest absolute Gasteiger partial charge is 0.273 e. The molecule has 2 aromatic carbocycles. The van der Waals surface area contributed by atoms with E-state index in [4.69, 9.17) is 9.47 Å². The van der Waals surface area contributed by atoms with Gasteiger partial charge in [-0.1, -0.05) is 6.07 Å². The molecule has 0 amide bonds. The molecule has 0 unspecified atom stereocenters. The van der Waals surface area contributed by atoms with Gasteiger partial charge >= 0.3 is 0 Å². The van der Waals surface area contributed by atoms with Crippen LogP contribution in [0.2, 0.25) is 0 Å². The molecule has 0 spiro atoms. The second-order valence-electron chi connectivity index (χ2n) is 4.20. The van der Waals surface area contributed by atoms with E-state index in [1.807, 2.05) is 0 Å². The zero-order chi connectivity index (χ0) is 15.9. The maximum atomic E-state index is 10.6. The maximum absolute atomic E-state index is 10.6. The molecule has 0 aliphatic carbocycles. The highest BCUT2D eigenvalue weighted by atomic mass is 16.6. The van der Waals surface area contributed by atoms with Gasteiger partial charge in [0.15, 0.2) is 0 Å². The third-order valence-corrected chi connectivity index (χ3v) is 2.70. The van der Waals surface area contributed by atoms with Crippen LogP contribution in [0, 0.1) is 20.2 Å². The number of hydrogen-bond acceptors (Lipinski definition) is 6. The molecule has 0 fully saturated rings. The molecule has 2 aromatic rings. The monoisotopic (exact) mass is 304 g/mol. The normalized spacial score (nSPS) is 10.0. The van der Waals surface area contributed by atoms with Crippen molar-refractivity contribution in [3.05, 3.63) is 68.8 Å². The fraction of sp³-hybridized carbons (Fsp3) is 0.143. The molecule has 8 nitrogen and oxygen atoms in total. The van der Waals surface area contributed by atoms with Crippen molar-refractivity contribution >= 4 is 11.4 Å². The first-order valence-electron chi connectivity index (χ1n) is 6.31. The third-order valence-electron chi connectivity index (χ3n) is 2.70. The van der Waals surface area contributed by atoms with E-state index in [1.54, 1.807) is 6.07 Å². The van der Waals surface area contributed by atoms with Crippen LogP contribution in [0.15, 0.2) is 48.5 Å². The molecule has 0 aromatic heterocycles. The van der Waals surface area contributed by atoms with E-state index in [9.17, 15) is 20.2 Å². The first-order chi connectivity index (χ1) is 10.6. The number of ether oxygens (including phenoxy) is 2. The first kappa shape index (κ1) is 15.2. The van der Waals surface area contributed by atoms with Crippen molar-refractivity contribution in [2.45, 2.75) is 0 Å². The van der Waals surface area contributed by atoms with E-state index in [0.29, 0.717) is 11.5 Å². The number of nitro benzene ring substituents is 2. The molecule has 0 heterocycles. The highest BCUT2D eigenvalue weighted by molar-refractivity contribution is 5.38. The number of nitro groups is 2. The van der Waals surface area contributed by atoms with E-state index < -0.39 is 9.85 Å². The van der Waals surface area contributed by atoms with Crippen LogP contribution in [0.1, 0.15) is 0 Å². The van der Waals surface area contributed by atoms with Crippen molar-refractivity contribution in [1.29, 1.82) is 0 Å². The van der Waals surface area contributed by atoms with Crippen LogP contribution in [-0.2, 0) is 0 Å². The number of non-ortho nitro benzene ring substituents is 2. The van der Waals surface area contributed by atoms with Crippen LogP contribution in [0.3, 0.4) is 0 Å². The van der Waals surface area contributed by atoms with Gasteiger partial charge in [0.1, 0.15) is 24.7 Å². The second-order valence-corrected chi connectivity index (χ2v) is 4.20. The number of hydrogen-bond donors (Lipinski definition) is 0. The summed E-state index contributed by atoms with van der Waals surface area (Å²) < 4.78 is 10.7. The summed E-state index contributed by atoms with van der Waals surface area (Å²) in [7, 11) is 0. The van der Waals surface area contributed by atoms with Crippen molar-refractivity contribution < 1.29 is 19.3 Å². The number of benzene rings is 2. The van der Waals surface area contributed by atoms with Crippen molar-refractivity contribution in [3.8, 4) is 11.5 Å².